The van der Waals surface area contributed by atoms with Gasteiger partial charge >= 0.3 is 5.69 Å². The smallest absolute Gasteiger partial charge is 0.326 e. The Hall–Kier alpha value is -2.75. The van der Waals surface area contributed by atoms with Gasteiger partial charge in [0.05, 0.1) is 4.92 Å². The zero-order valence-corrected chi connectivity index (χ0v) is 15.8. The Morgan fingerprint density at radius 2 is 1.88 bits per heavy atom. The van der Waals surface area contributed by atoms with Crippen molar-refractivity contribution < 1.29 is 24.5 Å². The zero-order chi connectivity index (χ0) is 18.1. The summed E-state index contributed by atoms with van der Waals surface area (Å²) >= 11 is 0. The van der Waals surface area contributed by atoms with Gasteiger partial charge in [-0.2, -0.15) is 4.98 Å². The van der Waals surface area contributed by atoms with Crippen LogP contribution in [0.1, 0.15) is 21.8 Å². The van der Waals surface area contributed by atoms with Gasteiger partial charge in [-0.25, -0.2) is 0 Å². The van der Waals surface area contributed by atoms with E-state index in [4.69, 9.17) is 4.52 Å². The van der Waals surface area contributed by atoms with Crippen molar-refractivity contribution in [2.24, 2.45) is 0 Å². The fraction of sp³-hybridized carbons (Fsp3) is 0.0625. The van der Waals surface area contributed by atoms with Gasteiger partial charge in [0, 0.05) is 47.6 Å². The number of nitro benzene ring substituents is 1. The molecule has 0 aliphatic heterocycles. The third-order valence-corrected chi connectivity index (χ3v) is 3.47. The van der Waals surface area contributed by atoms with E-state index in [1.165, 1.54) is 19.1 Å². The average molecular weight is 364 g/mol. The van der Waals surface area contributed by atoms with Crippen molar-refractivity contribution in [3.05, 3.63) is 63.5 Å². The summed E-state index contributed by atoms with van der Waals surface area (Å²) in [5.74, 6) is -2.44. The summed E-state index contributed by atoms with van der Waals surface area (Å²) in [5.41, 5.74) is -1.32. The summed E-state index contributed by atoms with van der Waals surface area (Å²) in [6.07, 6.45) is 0. The van der Waals surface area contributed by atoms with Crippen molar-refractivity contribution >= 4 is 41.0 Å². The van der Waals surface area contributed by atoms with Crippen molar-refractivity contribution in [1.82, 2.24) is 10.1 Å². The molecule has 1 radical (unpaired) electrons. The van der Waals surface area contributed by atoms with Crippen LogP contribution in [0.2, 0.25) is 0 Å². The normalized spacial score (nSPS) is 10.2. The zero-order valence-electron chi connectivity index (χ0n) is 13.8. The van der Waals surface area contributed by atoms with Crippen LogP contribution in [0.3, 0.4) is 0 Å². The van der Waals surface area contributed by atoms with Gasteiger partial charge in [-0.3, -0.25) is 14.9 Å². The average Bonchev–Trinajstić information content (AvgIpc) is 3.03. The molecule has 2 N–H and O–H groups in total. The molecule has 9 nitrogen and oxygen atoms in total. The van der Waals surface area contributed by atoms with Gasteiger partial charge in [0.15, 0.2) is 5.75 Å². The Balaban J connectivity index is 0.00000243. The van der Waals surface area contributed by atoms with Crippen molar-refractivity contribution in [2.75, 3.05) is 0 Å². The Morgan fingerprint density at radius 1 is 1.23 bits per heavy atom. The fourth-order valence-corrected chi connectivity index (χ4v) is 2.37. The summed E-state index contributed by atoms with van der Waals surface area (Å²) in [5, 5.41) is 34.8. The monoisotopic (exact) mass is 364 g/mol. The number of ketones is 1. The molecule has 1 aromatic heterocycles. The number of phenolic OH excluding ortho intramolecular Hbond substituents is 2. The number of nitro groups is 1. The molecule has 3 aromatic rings. The van der Waals surface area contributed by atoms with E-state index >= 15 is 0 Å². The molecule has 1 heterocycles. The summed E-state index contributed by atoms with van der Waals surface area (Å²) < 4.78 is 4.84. The molecule has 26 heavy (non-hydrogen) atoms. The minimum absolute atomic E-state index is 0. The Morgan fingerprint density at radius 3 is 2.42 bits per heavy atom. The first-order valence-corrected chi connectivity index (χ1v) is 7.04. The van der Waals surface area contributed by atoms with Crippen LogP contribution in [-0.2, 0) is 0 Å². The summed E-state index contributed by atoms with van der Waals surface area (Å²) in [6.45, 7) is 1.50. The standard InChI is InChI=1S/C16H11N3O6.Na/c1-8-17-16(18-25-8)10-7-11(20)15(22)13(19(23)24)12(10)14(21)9-5-3-2-4-6-9;/h2-7,20,22H,1H3;. The third kappa shape index (κ3) is 3.45. The van der Waals surface area contributed by atoms with E-state index in [1.807, 2.05) is 0 Å². The molecule has 10 heteroatoms. The predicted molar refractivity (Wildman–Crippen MR) is 90.1 cm³/mol. The SMILES string of the molecule is Cc1nc(-c2cc(O)c(O)c([N+](=O)[O-])c2C(=O)c2ccccc2)no1.[Na]. The summed E-state index contributed by atoms with van der Waals surface area (Å²) in [4.78, 5) is 27.3. The molecule has 2 aromatic carbocycles. The number of carbonyl (C=O) groups is 1. The van der Waals surface area contributed by atoms with Crippen LogP contribution >= 0.6 is 0 Å². The summed E-state index contributed by atoms with van der Waals surface area (Å²) in [6, 6.07) is 8.81. The first-order valence-electron chi connectivity index (χ1n) is 7.04. The van der Waals surface area contributed by atoms with E-state index in [-0.39, 0.29) is 52.4 Å². The van der Waals surface area contributed by atoms with E-state index in [0.717, 1.165) is 6.07 Å². The van der Waals surface area contributed by atoms with E-state index in [1.54, 1.807) is 18.2 Å². The number of aryl methyl sites for hydroxylation is 1. The fourth-order valence-electron chi connectivity index (χ4n) is 2.37. The van der Waals surface area contributed by atoms with Gasteiger partial charge in [0.2, 0.25) is 23.2 Å². The molecular weight excluding hydrogens is 353 g/mol. The van der Waals surface area contributed by atoms with Gasteiger partial charge in [0.25, 0.3) is 0 Å². The van der Waals surface area contributed by atoms with Crippen molar-refractivity contribution in [3.63, 3.8) is 0 Å². The van der Waals surface area contributed by atoms with E-state index in [9.17, 15) is 25.1 Å². The molecule has 3 rings (SSSR count). The minimum atomic E-state index is -1.01. The second kappa shape index (κ2) is 7.65. The largest absolute Gasteiger partial charge is 0.504 e. The molecule has 127 valence electrons. The Kier molecular flexibility index (Phi) is 5.76. The first-order chi connectivity index (χ1) is 11.9. The number of hydrogen-bond donors (Lipinski definition) is 2. The maximum atomic E-state index is 12.9. The molecule has 0 aliphatic rings. The minimum Gasteiger partial charge on any atom is -0.504 e. The third-order valence-electron chi connectivity index (χ3n) is 3.47. The van der Waals surface area contributed by atoms with Crippen LogP contribution in [0, 0.1) is 17.0 Å². The van der Waals surface area contributed by atoms with E-state index in [0.29, 0.717) is 0 Å². The number of benzene rings is 2. The van der Waals surface area contributed by atoms with Gasteiger partial charge in [-0.05, 0) is 6.07 Å². The molecule has 0 fully saturated rings. The van der Waals surface area contributed by atoms with E-state index < -0.39 is 33.5 Å². The number of hydrogen-bond acceptors (Lipinski definition) is 8. The molecule has 0 unspecified atom stereocenters. The maximum Gasteiger partial charge on any atom is 0.326 e. The topological polar surface area (TPSA) is 140 Å². The second-order valence-electron chi connectivity index (χ2n) is 5.10. The number of aromatic nitrogens is 2. The van der Waals surface area contributed by atoms with Crippen molar-refractivity contribution in [2.45, 2.75) is 6.92 Å². The number of carbonyl (C=O) groups excluding carboxylic acids is 1. The van der Waals surface area contributed by atoms with Gasteiger partial charge in [-0.1, -0.05) is 35.5 Å². The number of aromatic hydroxyl groups is 2. The molecular formula is C16H11N3NaO6. The van der Waals surface area contributed by atoms with Crippen molar-refractivity contribution in [1.29, 1.82) is 0 Å². The van der Waals surface area contributed by atoms with Crippen LogP contribution in [0.4, 0.5) is 5.69 Å². The molecule has 0 bridgehead atoms. The predicted octanol–water partition coefficient (Wildman–Crippen LogP) is 2.21. The Bertz CT molecular complexity index is 987. The van der Waals surface area contributed by atoms with Crippen LogP contribution in [0.15, 0.2) is 40.9 Å². The van der Waals surface area contributed by atoms with Gasteiger partial charge < -0.3 is 14.7 Å². The number of nitrogens with zero attached hydrogens (tertiary/aromatic N) is 3. The molecule has 0 spiro atoms. The van der Waals surface area contributed by atoms with Gasteiger partial charge in [-0.15, -0.1) is 0 Å². The van der Waals surface area contributed by atoms with Gasteiger partial charge in [0.1, 0.15) is 5.56 Å². The summed E-state index contributed by atoms with van der Waals surface area (Å²) in [7, 11) is 0. The van der Waals surface area contributed by atoms with Crippen LogP contribution in [0.25, 0.3) is 11.4 Å². The molecule has 0 saturated heterocycles. The molecule has 0 atom stereocenters. The molecule has 0 saturated carbocycles. The number of phenols is 2. The van der Waals surface area contributed by atoms with E-state index in [2.05, 4.69) is 10.1 Å². The quantitative estimate of drug-likeness (QED) is 0.236. The van der Waals surface area contributed by atoms with Crippen LogP contribution in [-0.4, -0.2) is 60.6 Å². The Labute approximate surface area is 168 Å². The molecule has 0 amide bonds. The van der Waals surface area contributed by atoms with Crippen LogP contribution in [0.5, 0.6) is 11.5 Å². The second-order valence-corrected chi connectivity index (χ2v) is 5.10. The first kappa shape index (κ1) is 19.6. The number of rotatable bonds is 4. The molecule has 0 aliphatic carbocycles. The van der Waals surface area contributed by atoms with Crippen LogP contribution < -0.4 is 0 Å². The maximum absolute atomic E-state index is 12.9. The van der Waals surface area contributed by atoms with Crippen molar-refractivity contribution in [3.8, 4) is 22.9 Å².